The maximum atomic E-state index is 12.8. The lowest BCUT2D eigenvalue weighted by atomic mass is 10.1. The summed E-state index contributed by atoms with van der Waals surface area (Å²) in [5, 5.41) is 9.95. The van der Waals surface area contributed by atoms with Crippen molar-refractivity contribution in [2.45, 2.75) is 19.4 Å². The Morgan fingerprint density at radius 3 is 2.82 bits per heavy atom. The minimum absolute atomic E-state index is 0.0311. The van der Waals surface area contributed by atoms with Gasteiger partial charge in [0.05, 0.1) is 17.8 Å². The molecule has 0 radical (unpaired) electrons. The zero-order valence-electron chi connectivity index (χ0n) is 18.1. The number of nitrogens with zero attached hydrogens (tertiary/aromatic N) is 3. The molecule has 2 aliphatic rings. The number of anilines is 3. The Hall–Kier alpha value is -3.49. The minimum atomic E-state index is -0.138. The number of hydrogen-bond acceptors (Lipinski definition) is 6. The largest absolute Gasteiger partial charge is 0.336 e. The lowest BCUT2D eigenvalue weighted by Gasteiger charge is -2.32. The van der Waals surface area contributed by atoms with Gasteiger partial charge in [0.25, 0.3) is 5.91 Å². The predicted octanol–water partition coefficient (Wildman–Crippen LogP) is 3.47. The van der Waals surface area contributed by atoms with Crippen LogP contribution in [0.25, 0.3) is 11.3 Å². The van der Waals surface area contributed by atoms with Gasteiger partial charge in [0.15, 0.2) is 0 Å². The molecule has 0 spiro atoms. The molecule has 1 atom stereocenters. The van der Waals surface area contributed by atoms with Crippen molar-refractivity contribution >= 4 is 40.7 Å². The van der Waals surface area contributed by atoms with Gasteiger partial charge in [0.1, 0.15) is 0 Å². The molecule has 3 aromatic rings. The molecule has 2 aromatic carbocycles. The number of amides is 2. The van der Waals surface area contributed by atoms with Crippen LogP contribution in [0.4, 0.5) is 17.3 Å². The number of carbonyl (C=O) groups is 2. The van der Waals surface area contributed by atoms with Gasteiger partial charge >= 0.3 is 0 Å². The molecule has 8 nitrogen and oxygen atoms in total. The first-order chi connectivity index (χ1) is 16.0. The fraction of sp³-hybridized carbons (Fsp3) is 0.250. The highest BCUT2D eigenvalue weighted by atomic mass is 35.5. The molecule has 5 rings (SSSR count). The molecule has 0 saturated carbocycles. The Morgan fingerprint density at radius 1 is 1.21 bits per heavy atom. The van der Waals surface area contributed by atoms with Crippen molar-refractivity contribution in [3.63, 3.8) is 0 Å². The Labute approximate surface area is 196 Å². The van der Waals surface area contributed by atoms with E-state index < -0.39 is 0 Å². The molecule has 2 amide bonds. The number of rotatable bonds is 3. The summed E-state index contributed by atoms with van der Waals surface area (Å²) >= 11 is 6.11. The van der Waals surface area contributed by atoms with Crippen molar-refractivity contribution in [3.05, 3.63) is 64.8 Å². The zero-order chi connectivity index (χ0) is 22.9. The summed E-state index contributed by atoms with van der Waals surface area (Å²) in [5.41, 5.74) is 4.24. The highest BCUT2D eigenvalue weighted by molar-refractivity contribution is 6.31. The molecule has 33 heavy (non-hydrogen) atoms. The molecule has 1 saturated heterocycles. The SMILES string of the molecule is CC1CN(C(=O)c2ccc(Nc3ncc4c(n3)-c3ccc(Cl)cc3NC(=O)C4)cc2)CCN1. The van der Waals surface area contributed by atoms with E-state index in [4.69, 9.17) is 11.6 Å². The highest BCUT2D eigenvalue weighted by Crippen LogP contribution is 2.34. The third-order valence-electron chi connectivity index (χ3n) is 5.77. The molecule has 1 unspecified atom stereocenters. The summed E-state index contributed by atoms with van der Waals surface area (Å²) in [7, 11) is 0. The second-order valence-corrected chi connectivity index (χ2v) is 8.73. The zero-order valence-corrected chi connectivity index (χ0v) is 18.8. The van der Waals surface area contributed by atoms with Crippen LogP contribution in [0, 0.1) is 0 Å². The third kappa shape index (κ3) is 4.53. The standard InChI is InChI=1S/C24H23ClN6O2/c1-14-13-31(9-8-26-14)23(33)15-2-5-18(6-3-15)28-24-27-12-16-10-21(32)29-20-11-17(25)4-7-19(20)22(16)30-24/h2-7,11-12,14,26H,8-10,13H2,1H3,(H,29,32)(H,27,28,30). The number of aromatic nitrogens is 2. The van der Waals surface area contributed by atoms with Crippen LogP contribution in [0.1, 0.15) is 22.8 Å². The average Bonchev–Trinajstić information content (AvgIpc) is 2.93. The second-order valence-electron chi connectivity index (χ2n) is 8.29. The Bertz CT molecular complexity index is 1230. The predicted molar refractivity (Wildman–Crippen MR) is 128 cm³/mol. The Balaban J connectivity index is 1.37. The molecule has 1 fully saturated rings. The van der Waals surface area contributed by atoms with Crippen molar-refractivity contribution in [3.8, 4) is 11.3 Å². The molecule has 3 heterocycles. The first-order valence-electron chi connectivity index (χ1n) is 10.8. The van der Waals surface area contributed by atoms with Gasteiger partial charge in [0, 0.05) is 59.3 Å². The van der Waals surface area contributed by atoms with E-state index in [1.54, 1.807) is 30.5 Å². The van der Waals surface area contributed by atoms with E-state index in [1.165, 1.54) is 0 Å². The van der Waals surface area contributed by atoms with Crippen molar-refractivity contribution in [2.24, 2.45) is 0 Å². The molecule has 2 aliphatic heterocycles. The monoisotopic (exact) mass is 462 g/mol. The van der Waals surface area contributed by atoms with Gasteiger partial charge in [-0.15, -0.1) is 0 Å². The Morgan fingerprint density at radius 2 is 2.03 bits per heavy atom. The molecular formula is C24H23ClN6O2. The fourth-order valence-electron chi connectivity index (χ4n) is 4.15. The van der Waals surface area contributed by atoms with Crippen LogP contribution >= 0.6 is 11.6 Å². The van der Waals surface area contributed by atoms with Gasteiger partial charge in [-0.25, -0.2) is 9.97 Å². The van der Waals surface area contributed by atoms with Crippen LogP contribution in [0.3, 0.4) is 0 Å². The highest BCUT2D eigenvalue weighted by Gasteiger charge is 2.23. The lowest BCUT2D eigenvalue weighted by Crippen LogP contribution is -2.51. The number of carbonyl (C=O) groups excluding carboxylic acids is 2. The number of benzene rings is 2. The van der Waals surface area contributed by atoms with Crippen molar-refractivity contribution < 1.29 is 9.59 Å². The number of fused-ring (bicyclic) bond motifs is 3. The summed E-state index contributed by atoms with van der Waals surface area (Å²) in [6.45, 7) is 4.28. The molecule has 3 N–H and O–H groups in total. The summed E-state index contributed by atoms with van der Waals surface area (Å²) in [4.78, 5) is 36.0. The van der Waals surface area contributed by atoms with Gasteiger partial charge < -0.3 is 20.9 Å². The van der Waals surface area contributed by atoms with Gasteiger partial charge in [-0.05, 0) is 49.4 Å². The van der Waals surface area contributed by atoms with Crippen LogP contribution in [-0.2, 0) is 11.2 Å². The molecule has 0 aliphatic carbocycles. The Kier molecular flexibility index (Phi) is 5.70. The first-order valence-corrected chi connectivity index (χ1v) is 11.2. The second kappa shape index (κ2) is 8.80. The average molecular weight is 463 g/mol. The van der Waals surface area contributed by atoms with Gasteiger partial charge in [-0.2, -0.15) is 0 Å². The quantitative estimate of drug-likeness (QED) is 0.551. The van der Waals surface area contributed by atoms with Crippen LogP contribution in [0.5, 0.6) is 0 Å². The smallest absolute Gasteiger partial charge is 0.253 e. The normalized spacial score (nSPS) is 17.5. The van der Waals surface area contributed by atoms with Crippen molar-refractivity contribution in [2.75, 3.05) is 30.3 Å². The minimum Gasteiger partial charge on any atom is -0.336 e. The van der Waals surface area contributed by atoms with Crippen molar-refractivity contribution in [1.29, 1.82) is 0 Å². The molecule has 9 heteroatoms. The van der Waals surface area contributed by atoms with Crippen LogP contribution in [-0.4, -0.2) is 52.4 Å². The summed E-state index contributed by atoms with van der Waals surface area (Å²) in [5.74, 6) is 0.295. The molecular weight excluding hydrogens is 440 g/mol. The molecule has 0 bridgehead atoms. The van der Waals surface area contributed by atoms with Crippen LogP contribution < -0.4 is 16.0 Å². The summed E-state index contributed by atoms with van der Waals surface area (Å²) in [6, 6.07) is 12.9. The maximum Gasteiger partial charge on any atom is 0.253 e. The maximum absolute atomic E-state index is 12.8. The summed E-state index contributed by atoms with van der Waals surface area (Å²) in [6.07, 6.45) is 1.85. The van der Waals surface area contributed by atoms with Crippen LogP contribution in [0.15, 0.2) is 48.7 Å². The van der Waals surface area contributed by atoms with E-state index in [2.05, 4.69) is 32.8 Å². The van der Waals surface area contributed by atoms with Gasteiger partial charge in [-0.1, -0.05) is 11.6 Å². The topological polar surface area (TPSA) is 99.2 Å². The molecule has 1 aromatic heterocycles. The van der Waals surface area contributed by atoms with E-state index in [0.29, 0.717) is 47.0 Å². The van der Waals surface area contributed by atoms with Crippen molar-refractivity contribution in [1.82, 2.24) is 20.2 Å². The van der Waals surface area contributed by atoms with E-state index >= 15 is 0 Å². The number of piperazine rings is 1. The number of halogens is 1. The van der Waals surface area contributed by atoms with E-state index in [0.717, 1.165) is 23.4 Å². The first kappa shape index (κ1) is 21.4. The molecule has 168 valence electrons. The number of nitrogens with one attached hydrogen (secondary N) is 3. The van der Waals surface area contributed by atoms with E-state index in [-0.39, 0.29) is 18.2 Å². The third-order valence-corrected chi connectivity index (χ3v) is 6.01. The van der Waals surface area contributed by atoms with E-state index in [1.807, 2.05) is 23.1 Å². The number of hydrogen-bond donors (Lipinski definition) is 3. The van der Waals surface area contributed by atoms with E-state index in [9.17, 15) is 9.59 Å². The van der Waals surface area contributed by atoms with Gasteiger partial charge in [-0.3, -0.25) is 9.59 Å². The lowest BCUT2D eigenvalue weighted by molar-refractivity contribution is -0.115. The van der Waals surface area contributed by atoms with Gasteiger partial charge in [0.2, 0.25) is 11.9 Å². The fourth-order valence-corrected chi connectivity index (χ4v) is 4.32. The van der Waals surface area contributed by atoms with Crippen LogP contribution in [0.2, 0.25) is 5.02 Å². The summed E-state index contributed by atoms with van der Waals surface area (Å²) < 4.78 is 0.